The minimum absolute atomic E-state index is 0.263. The zero-order chi connectivity index (χ0) is 14.7. The van der Waals surface area contributed by atoms with Gasteiger partial charge < -0.3 is 5.73 Å². The normalized spacial score (nSPS) is 10.0. The van der Waals surface area contributed by atoms with E-state index in [1.54, 1.807) is 0 Å². The van der Waals surface area contributed by atoms with Gasteiger partial charge in [0.1, 0.15) is 17.3 Å². The van der Waals surface area contributed by atoms with Gasteiger partial charge in [-0.3, -0.25) is 0 Å². The predicted octanol–water partition coefficient (Wildman–Crippen LogP) is 4.27. The summed E-state index contributed by atoms with van der Waals surface area (Å²) in [4.78, 5) is 0. The lowest BCUT2D eigenvalue weighted by Gasteiger charge is -2.02. The summed E-state index contributed by atoms with van der Waals surface area (Å²) in [6.45, 7) is 2.02. The fourth-order valence-corrected chi connectivity index (χ4v) is 2.18. The van der Waals surface area contributed by atoms with Crippen molar-refractivity contribution in [1.29, 1.82) is 0 Å². The van der Waals surface area contributed by atoms with E-state index in [9.17, 15) is 8.78 Å². The summed E-state index contributed by atoms with van der Waals surface area (Å²) in [5.41, 5.74) is 6.92. The molecule has 2 aromatic carbocycles. The van der Waals surface area contributed by atoms with Crippen LogP contribution in [0, 0.1) is 23.5 Å². The summed E-state index contributed by atoms with van der Waals surface area (Å²) in [5.74, 6) is 4.12. The Hall–Kier alpha value is -1.86. The number of benzene rings is 2. The topological polar surface area (TPSA) is 26.0 Å². The van der Waals surface area contributed by atoms with E-state index in [1.807, 2.05) is 25.1 Å². The molecular formula is C16H12BrF2N. The second-order valence-electron chi connectivity index (χ2n) is 4.26. The first kappa shape index (κ1) is 14.5. The van der Waals surface area contributed by atoms with Crippen molar-refractivity contribution >= 4 is 21.6 Å². The molecule has 2 aromatic rings. The van der Waals surface area contributed by atoms with E-state index in [0.717, 1.165) is 34.2 Å². The van der Waals surface area contributed by atoms with Gasteiger partial charge in [0.2, 0.25) is 0 Å². The Kier molecular flexibility index (Phi) is 4.41. The van der Waals surface area contributed by atoms with Crippen molar-refractivity contribution in [3.05, 3.63) is 63.1 Å². The molecule has 4 heteroatoms. The maximum Gasteiger partial charge on any atom is 0.150 e. The van der Waals surface area contributed by atoms with Gasteiger partial charge in [0.25, 0.3) is 0 Å². The largest absolute Gasteiger partial charge is 0.394 e. The van der Waals surface area contributed by atoms with E-state index >= 15 is 0 Å². The quantitative estimate of drug-likeness (QED) is 0.611. The molecule has 0 atom stereocenters. The Bertz CT molecular complexity index is 691. The first-order chi connectivity index (χ1) is 9.51. The number of anilines is 1. The number of hydrogen-bond acceptors (Lipinski definition) is 1. The van der Waals surface area contributed by atoms with E-state index in [1.165, 1.54) is 0 Å². The van der Waals surface area contributed by atoms with E-state index in [2.05, 4.69) is 27.8 Å². The fourth-order valence-electron chi connectivity index (χ4n) is 1.77. The summed E-state index contributed by atoms with van der Waals surface area (Å²) in [6, 6.07) is 8.01. The molecule has 2 N–H and O–H groups in total. The molecule has 0 spiro atoms. The predicted molar refractivity (Wildman–Crippen MR) is 80.3 cm³/mol. The second kappa shape index (κ2) is 6.06. The summed E-state index contributed by atoms with van der Waals surface area (Å²) in [7, 11) is 0. The van der Waals surface area contributed by atoms with Crippen molar-refractivity contribution in [2.45, 2.75) is 13.3 Å². The number of aryl methyl sites for hydroxylation is 1. The number of nitrogens with two attached hydrogens (primary N) is 1. The lowest BCUT2D eigenvalue weighted by Crippen LogP contribution is -1.96. The monoisotopic (exact) mass is 335 g/mol. The third kappa shape index (κ3) is 3.17. The highest BCUT2D eigenvalue weighted by Gasteiger charge is 2.06. The van der Waals surface area contributed by atoms with Gasteiger partial charge in [-0.1, -0.05) is 34.7 Å². The highest BCUT2D eigenvalue weighted by Crippen LogP contribution is 2.18. The van der Waals surface area contributed by atoms with Crippen molar-refractivity contribution in [3.63, 3.8) is 0 Å². The van der Waals surface area contributed by atoms with Gasteiger partial charge in [-0.2, -0.15) is 0 Å². The Labute approximate surface area is 124 Å². The van der Waals surface area contributed by atoms with Crippen molar-refractivity contribution < 1.29 is 8.78 Å². The molecule has 0 radical (unpaired) electrons. The van der Waals surface area contributed by atoms with E-state index in [4.69, 9.17) is 5.73 Å². The van der Waals surface area contributed by atoms with Gasteiger partial charge in [-0.25, -0.2) is 8.78 Å². The fraction of sp³-hybridized carbons (Fsp3) is 0.125. The molecule has 0 aliphatic rings. The molecule has 0 aliphatic carbocycles. The maximum atomic E-state index is 13.3. The third-order valence-corrected chi connectivity index (χ3v) is 3.36. The zero-order valence-corrected chi connectivity index (χ0v) is 12.4. The maximum absolute atomic E-state index is 13.3. The van der Waals surface area contributed by atoms with Gasteiger partial charge in [0.15, 0.2) is 0 Å². The number of halogens is 3. The zero-order valence-electron chi connectivity index (χ0n) is 10.8. The molecule has 0 unspecified atom stereocenters. The molecule has 0 heterocycles. The Morgan fingerprint density at radius 2 is 1.75 bits per heavy atom. The summed E-state index contributed by atoms with van der Waals surface area (Å²) in [6.07, 6.45) is 0.827. The molecule has 0 fully saturated rings. The molecule has 20 heavy (non-hydrogen) atoms. The lowest BCUT2D eigenvalue weighted by atomic mass is 10.1. The van der Waals surface area contributed by atoms with Crippen LogP contribution < -0.4 is 5.73 Å². The molecule has 0 amide bonds. The highest BCUT2D eigenvalue weighted by atomic mass is 79.9. The van der Waals surface area contributed by atoms with Gasteiger partial charge in [-0.05, 0) is 42.3 Å². The van der Waals surface area contributed by atoms with E-state index < -0.39 is 17.3 Å². The minimum atomic E-state index is -0.791. The molecule has 102 valence electrons. The van der Waals surface area contributed by atoms with Crippen LogP contribution in [0.3, 0.4) is 0 Å². The number of rotatable bonds is 1. The lowest BCUT2D eigenvalue weighted by molar-refractivity contribution is 0.591. The van der Waals surface area contributed by atoms with Gasteiger partial charge >= 0.3 is 0 Å². The van der Waals surface area contributed by atoms with Crippen LogP contribution in [0.1, 0.15) is 23.6 Å². The Morgan fingerprint density at radius 3 is 2.35 bits per heavy atom. The molecule has 0 aliphatic heterocycles. The van der Waals surface area contributed by atoms with Gasteiger partial charge in [-0.15, -0.1) is 0 Å². The van der Waals surface area contributed by atoms with Gasteiger partial charge in [0.05, 0.1) is 0 Å². The third-order valence-electron chi connectivity index (χ3n) is 2.87. The summed E-state index contributed by atoms with van der Waals surface area (Å²) < 4.78 is 27.6. The second-order valence-corrected chi connectivity index (χ2v) is 5.17. The first-order valence-corrected chi connectivity index (χ1v) is 6.85. The molecule has 1 nitrogen and oxygen atoms in total. The summed E-state index contributed by atoms with van der Waals surface area (Å²) in [5, 5.41) is 0. The van der Waals surface area contributed by atoms with E-state index in [-0.39, 0.29) is 5.56 Å². The number of nitrogen functional groups attached to an aromatic ring is 1. The SMILES string of the molecule is CCc1cc(Br)ccc1C#Cc1cc(F)c(N)c(F)c1. The van der Waals surface area contributed by atoms with Crippen LogP contribution >= 0.6 is 15.9 Å². The Morgan fingerprint density at radius 1 is 1.10 bits per heavy atom. The van der Waals surface area contributed by atoms with Crippen LogP contribution in [0.15, 0.2) is 34.8 Å². The highest BCUT2D eigenvalue weighted by molar-refractivity contribution is 9.10. The van der Waals surface area contributed by atoms with Crippen molar-refractivity contribution in [1.82, 2.24) is 0 Å². The smallest absolute Gasteiger partial charge is 0.150 e. The van der Waals surface area contributed by atoms with Crippen LogP contribution in [0.25, 0.3) is 0 Å². The minimum Gasteiger partial charge on any atom is -0.394 e. The molecular weight excluding hydrogens is 324 g/mol. The number of hydrogen-bond donors (Lipinski definition) is 1. The van der Waals surface area contributed by atoms with Gasteiger partial charge in [0, 0.05) is 15.6 Å². The van der Waals surface area contributed by atoms with E-state index in [0.29, 0.717) is 0 Å². The summed E-state index contributed by atoms with van der Waals surface area (Å²) >= 11 is 3.40. The molecule has 2 rings (SSSR count). The average Bonchev–Trinajstić information content (AvgIpc) is 2.43. The van der Waals surface area contributed by atoms with Crippen molar-refractivity contribution in [2.24, 2.45) is 0 Å². The van der Waals surface area contributed by atoms with Crippen LogP contribution in [-0.4, -0.2) is 0 Å². The van der Waals surface area contributed by atoms with Crippen LogP contribution in [-0.2, 0) is 6.42 Å². The first-order valence-electron chi connectivity index (χ1n) is 6.06. The molecule has 0 bridgehead atoms. The molecule has 0 aromatic heterocycles. The van der Waals surface area contributed by atoms with Crippen LogP contribution in [0.5, 0.6) is 0 Å². The van der Waals surface area contributed by atoms with Crippen molar-refractivity contribution in [2.75, 3.05) is 5.73 Å². The Balaban J connectivity index is 2.41. The van der Waals surface area contributed by atoms with Crippen LogP contribution in [0.2, 0.25) is 0 Å². The molecule has 0 saturated heterocycles. The van der Waals surface area contributed by atoms with Crippen molar-refractivity contribution in [3.8, 4) is 11.8 Å². The van der Waals surface area contributed by atoms with Crippen LogP contribution in [0.4, 0.5) is 14.5 Å². The standard InChI is InChI=1S/C16H12BrF2N/c1-2-11-9-13(17)6-5-12(11)4-3-10-7-14(18)16(20)15(19)8-10/h5-9H,2,20H2,1H3. The average molecular weight is 336 g/mol. The molecule has 0 saturated carbocycles.